The Kier molecular flexibility index (Phi) is 5.25. The monoisotopic (exact) mass is 330 g/mol. The quantitative estimate of drug-likeness (QED) is 0.910. The van der Waals surface area contributed by atoms with Crippen LogP contribution in [0.4, 0.5) is 4.39 Å². The summed E-state index contributed by atoms with van der Waals surface area (Å²) in [5.41, 5.74) is 0.961. The molecule has 0 unspecified atom stereocenters. The van der Waals surface area contributed by atoms with Crippen molar-refractivity contribution in [2.24, 2.45) is 0 Å². The molecular weight excluding hydrogens is 307 g/mol. The largest absolute Gasteiger partial charge is 0.350 e. The number of piperidine rings is 1. The Labute approximate surface area is 141 Å². The van der Waals surface area contributed by atoms with Gasteiger partial charge < -0.3 is 14.8 Å². The molecule has 0 aliphatic carbocycles. The van der Waals surface area contributed by atoms with Gasteiger partial charge in [0.1, 0.15) is 12.4 Å². The number of aromatic nitrogens is 2. The first-order valence-corrected chi connectivity index (χ1v) is 8.31. The maximum Gasteiger partial charge on any atom is 0.240 e. The lowest BCUT2D eigenvalue weighted by Crippen LogP contribution is -2.55. The van der Waals surface area contributed by atoms with E-state index < -0.39 is 0 Å². The van der Waals surface area contributed by atoms with Crippen molar-refractivity contribution < 1.29 is 9.18 Å². The summed E-state index contributed by atoms with van der Waals surface area (Å²) in [6.07, 6.45) is 7.79. The molecule has 128 valence electrons. The van der Waals surface area contributed by atoms with Crippen molar-refractivity contribution in [1.82, 2.24) is 19.8 Å². The van der Waals surface area contributed by atoms with Crippen LogP contribution in [0.25, 0.3) is 0 Å². The summed E-state index contributed by atoms with van der Waals surface area (Å²) in [7, 11) is 2.07. The van der Waals surface area contributed by atoms with E-state index >= 15 is 0 Å². The minimum absolute atomic E-state index is 0.0162. The summed E-state index contributed by atoms with van der Waals surface area (Å²) in [6.45, 7) is 1.26. The van der Waals surface area contributed by atoms with Crippen LogP contribution in [0.5, 0.6) is 0 Å². The minimum Gasteiger partial charge on any atom is -0.350 e. The van der Waals surface area contributed by atoms with Gasteiger partial charge >= 0.3 is 0 Å². The Hall–Kier alpha value is -2.21. The number of hydrogen-bond donors (Lipinski definition) is 1. The molecule has 6 heteroatoms. The number of carbonyl (C=O) groups is 1. The Morgan fingerprint density at radius 2 is 2.33 bits per heavy atom. The normalized spacial score (nSPS) is 21.6. The molecule has 1 aromatic heterocycles. The first kappa shape index (κ1) is 16.6. The van der Waals surface area contributed by atoms with Gasteiger partial charge in [-0.3, -0.25) is 4.79 Å². The number of carbonyl (C=O) groups excluding carboxylic acids is 1. The van der Waals surface area contributed by atoms with E-state index in [-0.39, 0.29) is 30.4 Å². The molecule has 3 rings (SSSR count). The Bertz CT molecular complexity index is 673. The van der Waals surface area contributed by atoms with E-state index in [1.807, 2.05) is 6.07 Å². The van der Waals surface area contributed by atoms with Crippen LogP contribution in [0.2, 0.25) is 0 Å². The molecule has 5 nitrogen and oxygen atoms in total. The number of nitrogens with zero attached hydrogens (tertiary/aromatic N) is 3. The summed E-state index contributed by atoms with van der Waals surface area (Å²) in [5, 5.41) is 3.15. The molecular formula is C18H23FN4O. The number of hydrogen-bond acceptors (Lipinski definition) is 3. The highest BCUT2D eigenvalue weighted by Crippen LogP contribution is 2.20. The number of likely N-dealkylation sites (N-methyl/N-ethyl adjacent to an activating group) is 1. The fraction of sp³-hybridized carbons (Fsp3) is 0.444. The smallest absolute Gasteiger partial charge is 0.240 e. The molecule has 1 aromatic carbocycles. The number of nitrogens with one attached hydrogen (secondary N) is 1. The van der Waals surface area contributed by atoms with E-state index in [1.165, 1.54) is 6.07 Å². The van der Waals surface area contributed by atoms with Crippen molar-refractivity contribution in [3.05, 3.63) is 54.4 Å². The van der Waals surface area contributed by atoms with Crippen LogP contribution in [0.1, 0.15) is 18.4 Å². The molecule has 0 bridgehead atoms. The number of benzene rings is 1. The van der Waals surface area contributed by atoms with Gasteiger partial charge in [0.05, 0.1) is 6.33 Å². The molecule has 1 amide bonds. The molecule has 0 spiro atoms. The van der Waals surface area contributed by atoms with E-state index in [0.29, 0.717) is 0 Å². The van der Waals surface area contributed by atoms with Crippen molar-refractivity contribution >= 4 is 5.91 Å². The Morgan fingerprint density at radius 3 is 3.08 bits per heavy atom. The van der Waals surface area contributed by atoms with E-state index in [2.05, 4.69) is 22.2 Å². The van der Waals surface area contributed by atoms with Crippen LogP contribution >= 0.6 is 0 Å². The summed E-state index contributed by atoms with van der Waals surface area (Å²) in [6, 6.07) is 6.96. The topological polar surface area (TPSA) is 50.2 Å². The lowest BCUT2D eigenvalue weighted by molar-refractivity contribution is -0.123. The summed E-state index contributed by atoms with van der Waals surface area (Å²) >= 11 is 0. The highest BCUT2D eigenvalue weighted by atomic mass is 19.1. The molecule has 1 N–H and O–H groups in total. The average Bonchev–Trinajstić information content (AvgIpc) is 3.03. The first-order chi connectivity index (χ1) is 11.6. The molecule has 2 aromatic rings. The van der Waals surface area contributed by atoms with Gasteiger partial charge in [-0.1, -0.05) is 12.1 Å². The zero-order valence-corrected chi connectivity index (χ0v) is 13.9. The predicted octanol–water partition coefficient (Wildman–Crippen LogP) is 1.84. The van der Waals surface area contributed by atoms with Gasteiger partial charge in [-0.2, -0.15) is 0 Å². The van der Waals surface area contributed by atoms with Crippen molar-refractivity contribution in [2.45, 2.75) is 37.9 Å². The lowest BCUT2D eigenvalue weighted by atomic mass is 9.91. The second-order valence-corrected chi connectivity index (χ2v) is 6.43. The van der Waals surface area contributed by atoms with E-state index in [4.69, 9.17) is 0 Å². The molecule has 1 aliphatic rings. The third-order valence-corrected chi connectivity index (χ3v) is 4.62. The molecule has 1 aliphatic heterocycles. The maximum atomic E-state index is 13.4. The van der Waals surface area contributed by atoms with Crippen molar-refractivity contribution in [1.29, 1.82) is 0 Å². The van der Waals surface area contributed by atoms with E-state index in [0.717, 1.165) is 31.4 Å². The van der Waals surface area contributed by atoms with E-state index in [1.54, 1.807) is 35.4 Å². The third-order valence-electron chi connectivity index (χ3n) is 4.62. The number of halogens is 1. The molecule has 2 atom stereocenters. The van der Waals surface area contributed by atoms with Crippen LogP contribution in [-0.4, -0.2) is 46.0 Å². The van der Waals surface area contributed by atoms with Crippen molar-refractivity contribution in [2.75, 3.05) is 13.6 Å². The van der Waals surface area contributed by atoms with Crippen LogP contribution < -0.4 is 5.32 Å². The number of likely N-dealkylation sites (tertiary alicyclic amines) is 1. The fourth-order valence-electron chi connectivity index (χ4n) is 3.40. The first-order valence-electron chi connectivity index (χ1n) is 8.31. The van der Waals surface area contributed by atoms with Crippen LogP contribution in [0, 0.1) is 5.82 Å². The predicted molar refractivity (Wildman–Crippen MR) is 89.9 cm³/mol. The highest BCUT2D eigenvalue weighted by molar-refractivity contribution is 5.76. The van der Waals surface area contributed by atoms with Crippen LogP contribution in [0.15, 0.2) is 43.0 Å². The summed E-state index contributed by atoms with van der Waals surface area (Å²) < 4.78 is 15.2. The lowest BCUT2D eigenvalue weighted by Gasteiger charge is -2.39. The van der Waals surface area contributed by atoms with Gasteiger partial charge in [-0.15, -0.1) is 0 Å². The van der Waals surface area contributed by atoms with Crippen LogP contribution in [0.3, 0.4) is 0 Å². The zero-order chi connectivity index (χ0) is 16.9. The van der Waals surface area contributed by atoms with Gasteiger partial charge in [0.2, 0.25) is 5.91 Å². The van der Waals surface area contributed by atoms with Gasteiger partial charge in [0.25, 0.3) is 0 Å². The summed E-state index contributed by atoms with van der Waals surface area (Å²) in [4.78, 5) is 18.5. The third kappa shape index (κ3) is 4.20. The Balaban J connectivity index is 1.66. The molecule has 1 saturated heterocycles. The Morgan fingerprint density at radius 1 is 1.46 bits per heavy atom. The maximum absolute atomic E-state index is 13.4. The standard InChI is InChI=1S/C18H23FN4O/c1-22-8-3-6-16(21-18(24)12-23-9-7-20-13-23)17(22)11-14-4-2-5-15(19)10-14/h2,4-5,7,9-10,13,16-17H,3,6,8,11-12H2,1H3,(H,21,24)/t16-,17-/m0/s1. The van der Waals surface area contributed by atoms with Crippen molar-refractivity contribution in [3.8, 4) is 0 Å². The second kappa shape index (κ2) is 7.57. The SMILES string of the molecule is CN1CCC[C@H](NC(=O)Cn2ccnc2)[C@@H]1Cc1cccc(F)c1. The number of rotatable bonds is 5. The van der Waals surface area contributed by atoms with Crippen molar-refractivity contribution in [3.63, 3.8) is 0 Å². The van der Waals surface area contributed by atoms with Crippen LogP contribution in [-0.2, 0) is 17.8 Å². The fourth-order valence-corrected chi connectivity index (χ4v) is 3.40. The number of imidazole rings is 1. The van der Waals surface area contributed by atoms with Gasteiger partial charge in [0.15, 0.2) is 0 Å². The van der Waals surface area contributed by atoms with Gasteiger partial charge in [-0.25, -0.2) is 9.37 Å². The molecule has 1 fully saturated rings. The zero-order valence-electron chi connectivity index (χ0n) is 13.9. The summed E-state index contributed by atoms with van der Waals surface area (Å²) in [5.74, 6) is -0.232. The molecule has 24 heavy (non-hydrogen) atoms. The molecule has 0 saturated carbocycles. The van der Waals surface area contributed by atoms with Gasteiger partial charge in [-0.05, 0) is 50.6 Å². The second-order valence-electron chi connectivity index (χ2n) is 6.43. The highest BCUT2D eigenvalue weighted by Gasteiger charge is 2.30. The number of amides is 1. The molecule has 0 radical (unpaired) electrons. The van der Waals surface area contributed by atoms with Gasteiger partial charge in [0, 0.05) is 24.5 Å². The van der Waals surface area contributed by atoms with E-state index in [9.17, 15) is 9.18 Å². The average molecular weight is 330 g/mol. The minimum atomic E-state index is -0.216. The molecule has 2 heterocycles.